The summed E-state index contributed by atoms with van der Waals surface area (Å²) in [4.78, 5) is 16.9. The van der Waals surface area contributed by atoms with Gasteiger partial charge in [0.25, 0.3) is 0 Å². The van der Waals surface area contributed by atoms with Crippen LogP contribution in [0.4, 0.5) is 10.1 Å². The number of aliphatic hydroxyl groups is 1. The Balaban J connectivity index is 1.77. The van der Waals surface area contributed by atoms with E-state index in [1.165, 1.54) is 10.8 Å². The van der Waals surface area contributed by atoms with Gasteiger partial charge in [0.2, 0.25) is 0 Å². The number of rotatable bonds is 4. The molecule has 0 radical (unpaired) electrons. The Bertz CT molecular complexity index is 998. The standard InChI is InChI=1S/C17H16FN4O4/c18-13-7-21(15-6-5-12(9-23)26-15)17(24)22-8-14(19-16(13)22)10-1-3-11(20-25)4-2-10/h1-4,7-8,12,15,20,23H,5-6,9H2/q-1/t12-,15+/m0/s1. The van der Waals surface area contributed by atoms with Crippen LogP contribution in [0.15, 0.2) is 41.5 Å². The van der Waals surface area contributed by atoms with E-state index >= 15 is 0 Å². The normalized spacial score (nSPS) is 20.0. The van der Waals surface area contributed by atoms with Crippen LogP contribution in [-0.2, 0) is 4.74 Å². The molecule has 1 aromatic carbocycles. The number of aromatic nitrogens is 3. The molecule has 2 atom stereocenters. The lowest BCUT2D eigenvalue weighted by molar-refractivity contribution is -0.0251. The van der Waals surface area contributed by atoms with Crippen molar-refractivity contribution in [3.63, 3.8) is 0 Å². The number of anilines is 1. The molecule has 26 heavy (non-hydrogen) atoms. The highest BCUT2D eigenvalue weighted by Crippen LogP contribution is 2.28. The molecule has 0 amide bonds. The quantitative estimate of drug-likeness (QED) is 0.690. The van der Waals surface area contributed by atoms with Crippen LogP contribution in [0.25, 0.3) is 16.9 Å². The van der Waals surface area contributed by atoms with Gasteiger partial charge in [-0.1, -0.05) is 12.1 Å². The maximum Gasteiger partial charge on any atom is 0.336 e. The molecule has 1 aliphatic rings. The van der Waals surface area contributed by atoms with E-state index < -0.39 is 17.7 Å². The third-order valence-corrected chi connectivity index (χ3v) is 4.50. The monoisotopic (exact) mass is 359 g/mol. The van der Waals surface area contributed by atoms with Crippen LogP contribution in [0.1, 0.15) is 19.1 Å². The third kappa shape index (κ3) is 2.75. The second kappa shape index (κ2) is 6.52. The summed E-state index contributed by atoms with van der Waals surface area (Å²) in [6.07, 6.45) is 2.69. The van der Waals surface area contributed by atoms with Crippen molar-refractivity contribution in [3.8, 4) is 11.3 Å². The highest BCUT2D eigenvalue weighted by atomic mass is 19.1. The zero-order valence-electron chi connectivity index (χ0n) is 13.6. The minimum Gasteiger partial charge on any atom is -0.761 e. The Hall–Kier alpha value is -2.75. The molecule has 0 spiro atoms. The van der Waals surface area contributed by atoms with E-state index in [4.69, 9.17) is 9.84 Å². The molecular weight excluding hydrogens is 343 g/mol. The Morgan fingerprint density at radius 2 is 2.08 bits per heavy atom. The van der Waals surface area contributed by atoms with Crippen molar-refractivity contribution in [2.75, 3.05) is 12.1 Å². The van der Waals surface area contributed by atoms with E-state index in [-0.39, 0.29) is 18.4 Å². The summed E-state index contributed by atoms with van der Waals surface area (Å²) in [6.45, 7) is -0.139. The number of hydrogen-bond acceptors (Lipinski definition) is 6. The van der Waals surface area contributed by atoms with Gasteiger partial charge in [0.05, 0.1) is 24.6 Å². The number of nitrogens with one attached hydrogen (secondary N) is 1. The molecule has 2 N–H and O–H groups in total. The summed E-state index contributed by atoms with van der Waals surface area (Å²) in [5.41, 5.74) is 2.68. The Labute approximate surface area is 147 Å². The van der Waals surface area contributed by atoms with E-state index in [2.05, 4.69) is 4.98 Å². The fourth-order valence-corrected chi connectivity index (χ4v) is 3.13. The second-order valence-electron chi connectivity index (χ2n) is 6.14. The summed E-state index contributed by atoms with van der Waals surface area (Å²) in [5, 5.41) is 19.8. The summed E-state index contributed by atoms with van der Waals surface area (Å²) >= 11 is 0. The molecule has 0 unspecified atom stereocenters. The molecule has 9 heteroatoms. The number of hydrogen-bond donors (Lipinski definition) is 2. The highest BCUT2D eigenvalue weighted by molar-refractivity contribution is 5.65. The number of imidazole rings is 1. The summed E-state index contributed by atoms with van der Waals surface area (Å²) in [6, 6.07) is 6.46. The van der Waals surface area contributed by atoms with Crippen molar-refractivity contribution in [2.45, 2.75) is 25.2 Å². The molecule has 1 saturated heterocycles. The van der Waals surface area contributed by atoms with Crippen molar-refractivity contribution in [3.05, 3.63) is 58.2 Å². The van der Waals surface area contributed by atoms with Crippen molar-refractivity contribution in [1.82, 2.24) is 14.0 Å². The molecular formula is C17H16FN4O4-. The predicted molar refractivity (Wildman–Crippen MR) is 92.1 cm³/mol. The van der Waals surface area contributed by atoms with Crippen molar-refractivity contribution >= 4 is 11.3 Å². The number of fused-ring (bicyclic) bond motifs is 1. The zero-order chi connectivity index (χ0) is 18.3. The number of nitrogens with zero attached hydrogens (tertiary/aromatic N) is 3. The average molecular weight is 359 g/mol. The number of halogens is 1. The van der Waals surface area contributed by atoms with Gasteiger partial charge >= 0.3 is 5.69 Å². The first kappa shape index (κ1) is 16.7. The van der Waals surface area contributed by atoms with Gasteiger partial charge in [0, 0.05) is 17.4 Å². The Kier molecular flexibility index (Phi) is 4.19. The Morgan fingerprint density at radius 3 is 2.73 bits per heavy atom. The highest BCUT2D eigenvalue weighted by Gasteiger charge is 2.28. The maximum absolute atomic E-state index is 14.5. The van der Waals surface area contributed by atoms with Gasteiger partial charge in [-0.05, 0) is 25.0 Å². The van der Waals surface area contributed by atoms with Crippen molar-refractivity contribution in [1.29, 1.82) is 0 Å². The average Bonchev–Trinajstić information content (AvgIpc) is 3.32. The lowest BCUT2D eigenvalue weighted by Gasteiger charge is -2.15. The van der Waals surface area contributed by atoms with Gasteiger partial charge in [0.1, 0.15) is 6.23 Å². The minimum atomic E-state index is -0.648. The van der Waals surface area contributed by atoms with Gasteiger partial charge in [-0.15, -0.1) is 0 Å². The summed E-state index contributed by atoms with van der Waals surface area (Å²) in [7, 11) is 0. The second-order valence-corrected chi connectivity index (χ2v) is 6.14. The van der Waals surface area contributed by atoms with E-state index in [1.54, 1.807) is 29.7 Å². The first-order valence-electron chi connectivity index (χ1n) is 8.15. The smallest absolute Gasteiger partial charge is 0.336 e. The molecule has 0 bridgehead atoms. The molecule has 1 aliphatic heterocycles. The summed E-state index contributed by atoms with van der Waals surface area (Å²) in [5.74, 6) is -0.648. The van der Waals surface area contributed by atoms with E-state index in [0.717, 1.165) is 10.6 Å². The first-order valence-corrected chi connectivity index (χ1v) is 8.15. The molecule has 0 aliphatic carbocycles. The number of benzene rings is 1. The summed E-state index contributed by atoms with van der Waals surface area (Å²) < 4.78 is 22.4. The topological polar surface area (TPSA) is 104 Å². The molecule has 3 heterocycles. The Morgan fingerprint density at radius 1 is 1.31 bits per heavy atom. The van der Waals surface area contributed by atoms with Crippen molar-refractivity contribution in [2.24, 2.45) is 0 Å². The fourth-order valence-electron chi connectivity index (χ4n) is 3.13. The number of aliphatic hydroxyl groups excluding tert-OH is 1. The van der Waals surface area contributed by atoms with Crippen LogP contribution in [0.2, 0.25) is 0 Å². The van der Waals surface area contributed by atoms with Crippen LogP contribution in [0, 0.1) is 11.0 Å². The molecule has 4 rings (SSSR count). The third-order valence-electron chi connectivity index (χ3n) is 4.50. The van der Waals surface area contributed by atoms with Gasteiger partial charge in [0.15, 0.2) is 11.5 Å². The lowest BCUT2D eigenvalue weighted by atomic mass is 10.1. The van der Waals surface area contributed by atoms with Crippen LogP contribution in [0.5, 0.6) is 0 Å². The van der Waals surface area contributed by atoms with Gasteiger partial charge in [-0.2, -0.15) is 0 Å². The van der Waals surface area contributed by atoms with E-state index in [0.29, 0.717) is 29.8 Å². The zero-order valence-corrected chi connectivity index (χ0v) is 13.6. The minimum absolute atomic E-state index is 0.0796. The van der Waals surface area contributed by atoms with Crippen LogP contribution >= 0.6 is 0 Å². The van der Waals surface area contributed by atoms with Crippen LogP contribution in [-0.4, -0.2) is 31.8 Å². The molecule has 3 aromatic rings. The SMILES string of the molecule is O=c1n([C@H]2CC[C@@H](CO)O2)cc(F)c2nc(-c3ccc(N[O-])cc3)cn12. The van der Waals surface area contributed by atoms with Gasteiger partial charge in [-0.25, -0.2) is 18.6 Å². The molecule has 0 saturated carbocycles. The van der Waals surface area contributed by atoms with E-state index in [9.17, 15) is 14.4 Å². The molecule has 1 fully saturated rings. The fraction of sp³-hybridized carbons (Fsp3) is 0.294. The van der Waals surface area contributed by atoms with Crippen molar-refractivity contribution < 1.29 is 14.2 Å². The largest absolute Gasteiger partial charge is 0.761 e. The van der Waals surface area contributed by atoms with Gasteiger partial charge < -0.3 is 20.5 Å². The molecule has 8 nitrogen and oxygen atoms in total. The maximum atomic E-state index is 14.5. The van der Waals surface area contributed by atoms with E-state index in [1.807, 2.05) is 0 Å². The first-order chi connectivity index (χ1) is 12.6. The predicted octanol–water partition coefficient (Wildman–Crippen LogP) is 1.88. The van der Waals surface area contributed by atoms with Crippen LogP contribution < -0.4 is 11.2 Å². The molecule has 136 valence electrons. The molecule has 2 aromatic heterocycles. The van der Waals surface area contributed by atoms with Gasteiger partial charge in [-0.3, -0.25) is 4.57 Å². The van der Waals surface area contributed by atoms with Crippen LogP contribution in [0.3, 0.4) is 0 Å². The number of ether oxygens (including phenoxy) is 1. The lowest BCUT2D eigenvalue weighted by Crippen LogP contribution is -2.30.